The third kappa shape index (κ3) is 60.3. The molecule has 0 unspecified atom stereocenters. The standard InChI is InChI=1S/C4H8.C4H10.2C2H6.C2H4/c1-2-4-3-1;1-3-4-2;3*1-2/h1-4H2;3-4H2,1-2H3;2*1-2H3;1-2H2. The average molecular weight is 202 g/mol. The lowest BCUT2D eigenvalue weighted by molar-refractivity contribution is 0.504. The fourth-order valence-corrected chi connectivity index (χ4v) is 0.250. The Morgan fingerprint density at radius 2 is 0.786 bits per heavy atom. The van der Waals surface area contributed by atoms with Crippen molar-refractivity contribution in [2.24, 2.45) is 0 Å². The monoisotopic (exact) mass is 202 g/mol. The Balaban J connectivity index is -0.0000000475. The van der Waals surface area contributed by atoms with E-state index in [1.165, 1.54) is 38.5 Å². The van der Waals surface area contributed by atoms with Crippen LogP contribution in [0.25, 0.3) is 0 Å². The molecule has 0 nitrogen and oxygen atoms in total. The highest BCUT2D eigenvalue weighted by Gasteiger charge is 1.95. The average Bonchev–Trinajstić information content (AvgIpc) is 2.24. The molecule has 0 amide bonds. The smallest absolute Gasteiger partial charge is 0.0533 e. The Hall–Kier alpha value is -0.260. The van der Waals surface area contributed by atoms with Crippen LogP contribution in [0.4, 0.5) is 0 Å². The van der Waals surface area contributed by atoms with Crippen molar-refractivity contribution < 1.29 is 0 Å². The van der Waals surface area contributed by atoms with Gasteiger partial charge in [-0.15, -0.1) is 13.2 Å². The van der Waals surface area contributed by atoms with E-state index in [0.29, 0.717) is 0 Å². The van der Waals surface area contributed by atoms with Gasteiger partial charge in [0.25, 0.3) is 0 Å². The van der Waals surface area contributed by atoms with E-state index in [2.05, 4.69) is 27.0 Å². The molecule has 0 atom stereocenters. The molecule has 0 radical (unpaired) electrons. The third-order valence-corrected chi connectivity index (χ3v) is 1.50. The lowest BCUT2D eigenvalue weighted by atomic mass is 10.0. The summed E-state index contributed by atoms with van der Waals surface area (Å²) in [5.41, 5.74) is 0. The van der Waals surface area contributed by atoms with Gasteiger partial charge in [-0.25, -0.2) is 0 Å². The SMILES string of the molecule is C1CCC1.C=C.CC.CC.CCCC. The third-order valence-electron chi connectivity index (χ3n) is 1.50. The van der Waals surface area contributed by atoms with Gasteiger partial charge in [0.05, 0.1) is 0 Å². The number of unbranched alkanes of at least 4 members (excludes halogenated alkanes) is 1. The molecule has 1 saturated carbocycles. The summed E-state index contributed by atoms with van der Waals surface area (Å²) in [4.78, 5) is 0. The largest absolute Gasteiger partial charge is 0.106 e. The molecule has 0 aromatic heterocycles. The first-order valence-electron chi connectivity index (χ1n) is 6.41. The van der Waals surface area contributed by atoms with E-state index in [0.717, 1.165) is 0 Å². The molecular formula is C14H34. The molecule has 0 bridgehead atoms. The predicted octanol–water partition coefficient (Wildman–Crippen LogP) is 6.22. The fraction of sp³-hybridized carbons (Fsp3) is 0.857. The molecule has 0 aromatic rings. The van der Waals surface area contributed by atoms with Crippen LogP contribution in [0.2, 0.25) is 0 Å². The van der Waals surface area contributed by atoms with Gasteiger partial charge in [0.1, 0.15) is 0 Å². The molecule has 14 heavy (non-hydrogen) atoms. The molecule has 0 aliphatic heterocycles. The Labute approximate surface area is 93.8 Å². The second kappa shape index (κ2) is 53.3. The molecule has 0 aromatic carbocycles. The van der Waals surface area contributed by atoms with E-state index in [4.69, 9.17) is 0 Å². The molecule has 1 rings (SSSR count). The van der Waals surface area contributed by atoms with Crippen LogP contribution >= 0.6 is 0 Å². The van der Waals surface area contributed by atoms with E-state index < -0.39 is 0 Å². The quantitative estimate of drug-likeness (QED) is 0.443. The van der Waals surface area contributed by atoms with Gasteiger partial charge in [0, 0.05) is 0 Å². The summed E-state index contributed by atoms with van der Waals surface area (Å²) in [7, 11) is 0. The van der Waals surface area contributed by atoms with Gasteiger partial charge >= 0.3 is 0 Å². The maximum absolute atomic E-state index is 3.00. The molecular weight excluding hydrogens is 168 g/mol. The Morgan fingerprint density at radius 1 is 0.643 bits per heavy atom. The summed E-state index contributed by atoms with van der Waals surface area (Å²) >= 11 is 0. The second-order valence-corrected chi connectivity index (χ2v) is 2.41. The van der Waals surface area contributed by atoms with Crippen LogP contribution in [0.15, 0.2) is 13.2 Å². The van der Waals surface area contributed by atoms with E-state index in [1.54, 1.807) is 0 Å². The van der Waals surface area contributed by atoms with Gasteiger partial charge in [0.15, 0.2) is 0 Å². The highest BCUT2D eigenvalue weighted by atomic mass is 14.0. The maximum Gasteiger partial charge on any atom is -0.0533 e. The van der Waals surface area contributed by atoms with Crippen molar-refractivity contribution in [3.8, 4) is 0 Å². The topological polar surface area (TPSA) is 0 Å². The van der Waals surface area contributed by atoms with E-state index >= 15 is 0 Å². The van der Waals surface area contributed by atoms with E-state index in [-0.39, 0.29) is 0 Å². The molecule has 1 fully saturated rings. The number of rotatable bonds is 1. The summed E-state index contributed by atoms with van der Waals surface area (Å²) in [5, 5.41) is 0. The highest BCUT2D eigenvalue weighted by molar-refractivity contribution is 4.50. The number of hydrogen-bond acceptors (Lipinski definition) is 0. The Morgan fingerprint density at radius 3 is 0.786 bits per heavy atom. The van der Waals surface area contributed by atoms with Crippen LogP contribution in [0.1, 0.15) is 80.1 Å². The van der Waals surface area contributed by atoms with Crippen molar-refractivity contribution >= 4 is 0 Å². The minimum atomic E-state index is 1.32. The first-order chi connectivity index (χ1) is 6.91. The molecule has 1 aliphatic rings. The van der Waals surface area contributed by atoms with Gasteiger partial charge < -0.3 is 0 Å². The van der Waals surface area contributed by atoms with Gasteiger partial charge in [0.2, 0.25) is 0 Å². The summed E-state index contributed by atoms with van der Waals surface area (Å²) in [5.74, 6) is 0. The minimum Gasteiger partial charge on any atom is -0.106 e. The van der Waals surface area contributed by atoms with Crippen molar-refractivity contribution in [1.29, 1.82) is 0 Å². The van der Waals surface area contributed by atoms with Crippen LogP contribution in [-0.2, 0) is 0 Å². The molecule has 0 saturated heterocycles. The zero-order chi connectivity index (χ0) is 12.2. The van der Waals surface area contributed by atoms with Crippen molar-refractivity contribution in [3.05, 3.63) is 13.2 Å². The van der Waals surface area contributed by atoms with Crippen molar-refractivity contribution in [2.45, 2.75) is 80.1 Å². The molecule has 0 spiro atoms. The van der Waals surface area contributed by atoms with E-state index in [9.17, 15) is 0 Å². The predicted molar refractivity (Wildman–Crippen MR) is 73.0 cm³/mol. The van der Waals surface area contributed by atoms with Crippen LogP contribution < -0.4 is 0 Å². The normalized spacial score (nSPS) is 10.1. The first kappa shape index (κ1) is 23.5. The lowest BCUT2D eigenvalue weighted by Gasteiger charge is -2.05. The van der Waals surface area contributed by atoms with Gasteiger partial charge in [-0.2, -0.15) is 0 Å². The number of hydrogen-bond donors (Lipinski definition) is 0. The van der Waals surface area contributed by atoms with E-state index in [1.807, 2.05) is 27.7 Å². The summed E-state index contributed by atoms with van der Waals surface area (Å²) in [6, 6.07) is 0. The highest BCUT2D eigenvalue weighted by Crippen LogP contribution is 2.15. The zero-order valence-electron chi connectivity index (χ0n) is 11.7. The molecule has 0 heteroatoms. The lowest BCUT2D eigenvalue weighted by Crippen LogP contribution is -1.85. The van der Waals surface area contributed by atoms with Gasteiger partial charge in [-0.1, -0.05) is 80.1 Å². The summed E-state index contributed by atoms with van der Waals surface area (Å²) in [6.07, 6.45) is 8.64. The maximum atomic E-state index is 3.00. The van der Waals surface area contributed by atoms with Gasteiger partial charge in [-0.3, -0.25) is 0 Å². The molecule has 0 N–H and O–H groups in total. The second-order valence-electron chi connectivity index (χ2n) is 2.41. The first-order valence-corrected chi connectivity index (χ1v) is 6.41. The molecule has 90 valence electrons. The minimum absolute atomic E-state index is 1.32. The van der Waals surface area contributed by atoms with Crippen LogP contribution in [0, 0.1) is 0 Å². The fourth-order valence-electron chi connectivity index (χ4n) is 0.250. The molecule has 0 heterocycles. The zero-order valence-corrected chi connectivity index (χ0v) is 11.7. The Kier molecular flexibility index (Phi) is 89.5. The van der Waals surface area contributed by atoms with Crippen molar-refractivity contribution in [1.82, 2.24) is 0 Å². The molecule has 1 aliphatic carbocycles. The summed E-state index contributed by atoms with van der Waals surface area (Å²) in [6.45, 7) is 18.4. The van der Waals surface area contributed by atoms with Crippen molar-refractivity contribution in [2.75, 3.05) is 0 Å². The van der Waals surface area contributed by atoms with Crippen LogP contribution in [0.3, 0.4) is 0 Å². The van der Waals surface area contributed by atoms with Crippen LogP contribution in [0.5, 0.6) is 0 Å². The Bertz CT molecular complexity index is 29.3. The van der Waals surface area contributed by atoms with Crippen LogP contribution in [-0.4, -0.2) is 0 Å². The van der Waals surface area contributed by atoms with Gasteiger partial charge in [-0.05, 0) is 0 Å². The van der Waals surface area contributed by atoms with Crippen molar-refractivity contribution in [3.63, 3.8) is 0 Å². The summed E-state index contributed by atoms with van der Waals surface area (Å²) < 4.78 is 0.